The molecule has 0 spiro atoms. The summed E-state index contributed by atoms with van der Waals surface area (Å²) in [5.74, 6) is 1.52. The van der Waals surface area contributed by atoms with Crippen LogP contribution in [0.3, 0.4) is 0 Å². The number of guanidine groups is 1. The van der Waals surface area contributed by atoms with Gasteiger partial charge in [0.05, 0.1) is 12.6 Å². The lowest BCUT2D eigenvalue weighted by Gasteiger charge is -2.37. The molecule has 0 amide bonds. The molecule has 2 aliphatic rings. The van der Waals surface area contributed by atoms with Crippen molar-refractivity contribution in [3.8, 4) is 0 Å². The van der Waals surface area contributed by atoms with Gasteiger partial charge >= 0.3 is 0 Å². The van der Waals surface area contributed by atoms with Crippen molar-refractivity contribution in [3.63, 3.8) is 0 Å². The zero-order chi connectivity index (χ0) is 17.7. The van der Waals surface area contributed by atoms with Crippen molar-refractivity contribution in [2.24, 2.45) is 16.3 Å². The van der Waals surface area contributed by atoms with E-state index in [-0.39, 0.29) is 11.5 Å². The van der Waals surface area contributed by atoms with Crippen LogP contribution in [0, 0.1) is 11.3 Å². The van der Waals surface area contributed by atoms with Crippen molar-refractivity contribution in [3.05, 3.63) is 0 Å². The maximum atomic E-state index is 10.4. The van der Waals surface area contributed by atoms with Crippen LogP contribution in [0.25, 0.3) is 0 Å². The van der Waals surface area contributed by atoms with E-state index < -0.39 is 0 Å². The Morgan fingerprint density at radius 3 is 2.67 bits per heavy atom. The second kappa shape index (κ2) is 8.52. The van der Waals surface area contributed by atoms with Crippen LogP contribution in [-0.4, -0.2) is 60.3 Å². The molecule has 1 aliphatic heterocycles. The van der Waals surface area contributed by atoms with Crippen LogP contribution in [0.5, 0.6) is 0 Å². The number of aliphatic hydroxyl groups excluding tert-OH is 1. The van der Waals surface area contributed by atoms with Gasteiger partial charge in [0.15, 0.2) is 5.96 Å². The lowest BCUT2D eigenvalue weighted by Crippen LogP contribution is -2.47. The number of nitrogens with one attached hydrogen (secondary N) is 2. The summed E-state index contributed by atoms with van der Waals surface area (Å²) < 4.78 is 0. The molecular weight excluding hydrogens is 300 g/mol. The van der Waals surface area contributed by atoms with E-state index in [0.29, 0.717) is 24.5 Å². The summed E-state index contributed by atoms with van der Waals surface area (Å²) in [6.07, 6.45) is 4.11. The third-order valence-electron chi connectivity index (χ3n) is 5.92. The predicted molar refractivity (Wildman–Crippen MR) is 101 cm³/mol. The molecule has 1 saturated carbocycles. The first-order chi connectivity index (χ1) is 11.4. The summed E-state index contributed by atoms with van der Waals surface area (Å²) in [5, 5.41) is 17.4. The second-order valence-electron chi connectivity index (χ2n) is 8.39. The third kappa shape index (κ3) is 4.85. The highest BCUT2D eigenvalue weighted by Crippen LogP contribution is 2.36. The first-order valence-electron chi connectivity index (χ1n) is 9.82. The number of likely N-dealkylation sites (tertiary alicyclic amines) is 1. The van der Waals surface area contributed by atoms with Crippen LogP contribution in [0.4, 0.5) is 0 Å². The summed E-state index contributed by atoms with van der Waals surface area (Å²) in [5.41, 5.74) is -0.0775. The summed E-state index contributed by atoms with van der Waals surface area (Å²) >= 11 is 0. The van der Waals surface area contributed by atoms with Crippen molar-refractivity contribution < 1.29 is 5.11 Å². The molecule has 0 aromatic rings. The Bertz CT molecular complexity index is 426. The number of aliphatic hydroxyl groups is 1. The normalized spacial score (nSPS) is 35.5. The van der Waals surface area contributed by atoms with Crippen molar-refractivity contribution in [2.45, 2.75) is 78.5 Å². The van der Waals surface area contributed by atoms with Crippen LogP contribution in [0.15, 0.2) is 4.99 Å². The zero-order valence-corrected chi connectivity index (χ0v) is 16.3. The Hall–Kier alpha value is -0.810. The Balaban J connectivity index is 1.98. The van der Waals surface area contributed by atoms with Crippen molar-refractivity contribution >= 4 is 5.96 Å². The molecular formula is C19H38N4O. The molecule has 140 valence electrons. The van der Waals surface area contributed by atoms with Gasteiger partial charge in [0.25, 0.3) is 0 Å². The van der Waals surface area contributed by atoms with E-state index >= 15 is 0 Å². The van der Waals surface area contributed by atoms with E-state index in [9.17, 15) is 5.11 Å². The summed E-state index contributed by atoms with van der Waals surface area (Å²) in [4.78, 5) is 7.37. The first kappa shape index (κ1) is 19.5. The minimum absolute atomic E-state index is 0.0775. The van der Waals surface area contributed by atoms with Gasteiger partial charge in [-0.3, -0.25) is 9.89 Å². The number of aliphatic imine (C=N–C) groups is 1. The molecule has 3 N–H and O–H groups in total. The molecule has 5 heteroatoms. The fourth-order valence-electron chi connectivity index (χ4n) is 3.94. The van der Waals surface area contributed by atoms with E-state index in [4.69, 9.17) is 4.99 Å². The van der Waals surface area contributed by atoms with Crippen LogP contribution in [0.2, 0.25) is 0 Å². The number of rotatable bonds is 5. The predicted octanol–water partition coefficient (Wildman–Crippen LogP) is 2.21. The maximum Gasteiger partial charge on any atom is 0.191 e. The molecule has 4 atom stereocenters. The molecule has 2 rings (SSSR count). The molecule has 0 aromatic carbocycles. The number of hydrogen-bond donors (Lipinski definition) is 3. The van der Waals surface area contributed by atoms with Crippen LogP contribution in [-0.2, 0) is 0 Å². The van der Waals surface area contributed by atoms with Crippen molar-refractivity contribution in [2.75, 3.05) is 26.2 Å². The van der Waals surface area contributed by atoms with E-state index in [2.05, 4.69) is 50.2 Å². The monoisotopic (exact) mass is 338 g/mol. The zero-order valence-electron chi connectivity index (χ0n) is 16.3. The van der Waals surface area contributed by atoms with Crippen LogP contribution in [0.1, 0.15) is 60.3 Å². The lowest BCUT2D eigenvalue weighted by molar-refractivity contribution is 0.00715. The largest absolute Gasteiger partial charge is 0.392 e. The SMILES string of the molecule is CCNC(=NCC1(C)CCCCC1O)NC1CN(C(C)C)CC1C. The topological polar surface area (TPSA) is 59.9 Å². The highest BCUT2D eigenvalue weighted by atomic mass is 16.3. The Morgan fingerprint density at radius 1 is 1.33 bits per heavy atom. The van der Waals surface area contributed by atoms with Gasteiger partial charge in [-0.1, -0.05) is 26.7 Å². The van der Waals surface area contributed by atoms with Gasteiger partial charge in [0.2, 0.25) is 0 Å². The molecule has 0 aromatic heterocycles. The quantitative estimate of drug-likeness (QED) is 0.531. The number of nitrogens with zero attached hydrogens (tertiary/aromatic N) is 2. The minimum Gasteiger partial charge on any atom is -0.392 e. The van der Waals surface area contributed by atoms with Crippen LogP contribution >= 0.6 is 0 Å². The van der Waals surface area contributed by atoms with E-state index in [1.807, 2.05) is 0 Å². The average Bonchev–Trinajstić information content (AvgIpc) is 2.90. The molecule has 2 fully saturated rings. The summed E-state index contributed by atoms with van der Waals surface area (Å²) in [7, 11) is 0. The molecule has 1 aliphatic carbocycles. The van der Waals surface area contributed by atoms with Gasteiger partial charge < -0.3 is 15.7 Å². The number of hydrogen-bond acceptors (Lipinski definition) is 3. The highest BCUT2D eigenvalue weighted by Gasteiger charge is 2.36. The Labute approximate surface area is 148 Å². The fourth-order valence-corrected chi connectivity index (χ4v) is 3.94. The van der Waals surface area contributed by atoms with Gasteiger partial charge in [-0.25, -0.2) is 0 Å². The Kier molecular flexibility index (Phi) is 6.93. The van der Waals surface area contributed by atoms with Crippen LogP contribution < -0.4 is 10.6 Å². The maximum absolute atomic E-state index is 10.4. The van der Waals surface area contributed by atoms with Gasteiger partial charge in [0, 0.05) is 37.1 Å². The van der Waals surface area contributed by atoms with Crippen molar-refractivity contribution in [1.29, 1.82) is 0 Å². The second-order valence-corrected chi connectivity index (χ2v) is 8.39. The molecule has 0 radical (unpaired) electrons. The van der Waals surface area contributed by atoms with E-state index in [0.717, 1.165) is 44.9 Å². The Morgan fingerprint density at radius 2 is 2.08 bits per heavy atom. The molecule has 0 bridgehead atoms. The fraction of sp³-hybridized carbons (Fsp3) is 0.947. The lowest BCUT2D eigenvalue weighted by atomic mass is 9.73. The molecule has 1 saturated heterocycles. The van der Waals surface area contributed by atoms with E-state index in [1.165, 1.54) is 6.42 Å². The molecule has 5 nitrogen and oxygen atoms in total. The standard InChI is InChI=1S/C19H38N4O/c1-6-20-18(21-13-19(5)10-8-7-9-17(19)24)22-16-12-23(14(2)3)11-15(16)4/h14-17,24H,6-13H2,1-5H3,(H2,20,21,22). The minimum atomic E-state index is -0.222. The van der Waals surface area contributed by atoms with Gasteiger partial charge in [-0.15, -0.1) is 0 Å². The molecule has 1 heterocycles. The van der Waals surface area contributed by atoms with Crippen molar-refractivity contribution in [1.82, 2.24) is 15.5 Å². The van der Waals surface area contributed by atoms with Gasteiger partial charge in [0.1, 0.15) is 0 Å². The molecule has 4 unspecified atom stereocenters. The smallest absolute Gasteiger partial charge is 0.191 e. The highest BCUT2D eigenvalue weighted by molar-refractivity contribution is 5.80. The first-order valence-corrected chi connectivity index (χ1v) is 9.82. The summed E-state index contributed by atoms with van der Waals surface area (Å²) in [6.45, 7) is 14.9. The van der Waals surface area contributed by atoms with E-state index in [1.54, 1.807) is 0 Å². The third-order valence-corrected chi connectivity index (χ3v) is 5.92. The molecule has 24 heavy (non-hydrogen) atoms. The van der Waals surface area contributed by atoms with Gasteiger partial charge in [-0.2, -0.15) is 0 Å². The summed E-state index contributed by atoms with van der Waals surface area (Å²) in [6, 6.07) is 1.03. The van der Waals surface area contributed by atoms with Gasteiger partial charge in [-0.05, 0) is 39.5 Å². The average molecular weight is 339 g/mol.